The minimum atomic E-state index is -0.190. The molecule has 0 aliphatic heterocycles. The lowest BCUT2D eigenvalue weighted by Crippen LogP contribution is -2.32. The van der Waals surface area contributed by atoms with E-state index in [2.05, 4.69) is 15.3 Å². The first-order valence-electron chi connectivity index (χ1n) is 6.46. The molecule has 20 heavy (non-hydrogen) atoms. The lowest BCUT2D eigenvalue weighted by atomic mass is 10.2. The molecule has 1 atom stereocenters. The number of H-pyrrole nitrogens is 1. The van der Waals surface area contributed by atoms with Gasteiger partial charge in [0.2, 0.25) is 0 Å². The molecule has 1 amide bonds. The Morgan fingerprint density at radius 1 is 1.45 bits per heavy atom. The van der Waals surface area contributed by atoms with E-state index < -0.39 is 0 Å². The number of rotatable bonds is 6. The van der Waals surface area contributed by atoms with Crippen molar-refractivity contribution in [1.29, 1.82) is 0 Å². The van der Waals surface area contributed by atoms with Crippen molar-refractivity contribution < 1.29 is 9.53 Å². The number of carbonyl (C=O) groups excluding carboxylic acids is 1. The summed E-state index contributed by atoms with van der Waals surface area (Å²) in [5.74, 6) is 1.17. The average Bonchev–Trinajstić information content (AvgIpc) is 2.98. The Hall–Kier alpha value is -2.50. The molecule has 1 unspecified atom stereocenters. The van der Waals surface area contributed by atoms with Crippen LogP contribution < -0.4 is 15.8 Å². The van der Waals surface area contributed by atoms with Crippen LogP contribution in [-0.4, -0.2) is 22.5 Å². The number of imidazole rings is 1. The third kappa shape index (κ3) is 3.74. The lowest BCUT2D eigenvalue weighted by Gasteiger charge is -2.15. The van der Waals surface area contributed by atoms with Gasteiger partial charge in [0, 0.05) is 18.1 Å². The first kappa shape index (κ1) is 13.9. The van der Waals surface area contributed by atoms with Gasteiger partial charge < -0.3 is 20.8 Å². The molecule has 0 spiro atoms. The zero-order valence-electron chi connectivity index (χ0n) is 11.3. The Balaban J connectivity index is 1.84. The monoisotopic (exact) mass is 274 g/mol. The van der Waals surface area contributed by atoms with Gasteiger partial charge in [0.1, 0.15) is 11.6 Å². The van der Waals surface area contributed by atoms with Crippen molar-refractivity contribution in [2.24, 2.45) is 0 Å². The molecular formula is C14H18N4O2. The van der Waals surface area contributed by atoms with E-state index in [0.717, 1.165) is 12.2 Å². The summed E-state index contributed by atoms with van der Waals surface area (Å²) in [7, 11) is 0. The molecule has 0 saturated carbocycles. The fourth-order valence-corrected chi connectivity index (χ4v) is 1.78. The Kier molecular flexibility index (Phi) is 4.60. The van der Waals surface area contributed by atoms with Gasteiger partial charge >= 0.3 is 0 Å². The maximum absolute atomic E-state index is 11.8. The van der Waals surface area contributed by atoms with Gasteiger partial charge in [-0.25, -0.2) is 4.98 Å². The summed E-state index contributed by atoms with van der Waals surface area (Å²) in [5.41, 5.74) is 6.23. The summed E-state index contributed by atoms with van der Waals surface area (Å²) in [5, 5.41) is 2.87. The maximum Gasteiger partial charge on any atom is 0.258 e. The molecule has 1 heterocycles. The van der Waals surface area contributed by atoms with Crippen molar-refractivity contribution in [3.05, 3.63) is 42.5 Å². The number of carbonyl (C=O) groups is 1. The number of ether oxygens (including phenoxy) is 1. The van der Waals surface area contributed by atoms with Crippen LogP contribution in [0, 0.1) is 0 Å². The van der Waals surface area contributed by atoms with E-state index in [9.17, 15) is 4.79 Å². The molecule has 1 aromatic carbocycles. The molecule has 0 aliphatic carbocycles. The Labute approximate surface area is 117 Å². The Morgan fingerprint density at radius 2 is 2.20 bits per heavy atom. The van der Waals surface area contributed by atoms with Gasteiger partial charge in [0.25, 0.3) is 5.91 Å². The lowest BCUT2D eigenvalue weighted by molar-refractivity contribution is -0.123. The molecule has 6 heteroatoms. The van der Waals surface area contributed by atoms with E-state index in [-0.39, 0.29) is 18.6 Å². The highest BCUT2D eigenvalue weighted by atomic mass is 16.5. The molecule has 0 bridgehead atoms. The summed E-state index contributed by atoms with van der Waals surface area (Å²) in [6.07, 6.45) is 4.14. The third-order valence-electron chi connectivity index (χ3n) is 2.84. The number of aromatic nitrogens is 2. The standard InChI is InChI=1S/C14H18N4O2/c1-2-12(14-16-7-8-17-14)18-13(19)9-20-11-5-3-10(15)4-6-11/h3-8,12H,2,9,15H2,1H3,(H,16,17)(H,18,19). The number of nitrogen functional groups attached to an aromatic ring is 1. The predicted octanol–water partition coefficient (Wildman–Crippen LogP) is 1.64. The van der Waals surface area contributed by atoms with Crippen molar-refractivity contribution >= 4 is 11.6 Å². The van der Waals surface area contributed by atoms with Crippen LogP contribution in [0.15, 0.2) is 36.7 Å². The number of nitrogens with one attached hydrogen (secondary N) is 2. The second kappa shape index (κ2) is 6.60. The minimum absolute atomic E-state index is 0.0405. The van der Waals surface area contributed by atoms with Crippen molar-refractivity contribution in [3.8, 4) is 5.75 Å². The van der Waals surface area contributed by atoms with Crippen LogP contribution in [0.5, 0.6) is 5.75 Å². The number of amides is 1. The molecule has 0 saturated heterocycles. The van der Waals surface area contributed by atoms with Crippen LogP contribution in [0.25, 0.3) is 0 Å². The molecule has 0 aliphatic rings. The van der Waals surface area contributed by atoms with Gasteiger partial charge in [-0.1, -0.05) is 6.92 Å². The van der Waals surface area contributed by atoms with Crippen LogP contribution in [0.1, 0.15) is 25.2 Å². The largest absolute Gasteiger partial charge is 0.484 e. The number of nitrogens with zero attached hydrogens (tertiary/aromatic N) is 1. The quantitative estimate of drug-likeness (QED) is 0.698. The van der Waals surface area contributed by atoms with E-state index in [0.29, 0.717) is 11.4 Å². The smallest absolute Gasteiger partial charge is 0.258 e. The van der Waals surface area contributed by atoms with Crippen LogP contribution in [-0.2, 0) is 4.79 Å². The number of aromatic amines is 1. The van der Waals surface area contributed by atoms with Crippen molar-refractivity contribution in [1.82, 2.24) is 15.3 Å². The first-order chi connectivity index (χ1) is 9.69. The SMILES string of the molecule is CCC(NC(=O)COc1ccc(N)cc1)c1ncc[nH]1. The Morgan fingerprint density at radius 3 is 2.80 bits per heavy atom. The summed E-state index contributed by atoms with van der Waals surface area (Å²) in [6.45, 7) is 1.94. The number of anilines is 1. The number of nitrogens with two attached hydrogens (primary N) is 1. The molecule has 4 N–H and O–H groups in total. The minimum Gasteiger partial charge on any atom is -0.484 e. The highest BCUT2D eigenvalue weighted by molar-refractivity contribution is 5.77. The summed E-state index contributed by atoms with van der Waals surface area (Å²) in [6, 6.07) is 6.78. The van der Waals surface area contributed by atoms with E-state index in [1.54, 1.807) is 36.7 Å². The van der Waals surface area contributed by atoms with Crippen molar-refractivity contribution in [2.75, 3.05) is 12.3 Å². The van der Waals surface area contributed by atoms with E-state index in [4.69, 9.17) is 10.5 Å². The number of hydrogen-bond acceptors (Lipinski definition) is 4. The summed E-state index contributed by atoms with van der Waals surface area (Å²) < 4.78 is 5.39. The average molecular weight is 274 g/mol. The third-order valence-corrected chi connectivity index (χ3v) is 2.84. The van der Waals surface area contributed by atoms with Gasteiger partial charge in [-0.3, -0.25) is 4.79 Å². The normalized spacial score (nSPS) is 11.8. The van der Waals surface area contributed by atoms with Crippen molar-refractivity contribution in [3.63, 3.8) is 0 Å². The number of hydrogen-bond donors (Lipinski definition) is 3. The number of benzene rings is 1. The highest BCUT2D eigenvalue weighted by Gasteiger charge is 2.14. The van der Waals surface area contributed by atoms with Crippen LogP contribution in [0.2, 0.25) is 0 Å². The van der Waals surface area contributed by atoms with Crippen LogP contribution in [0.4, 0.5) is 5.69 Å². The highest BCUT2D eigenvalue weighted by Crippen LogP contribution is 2.14. The van der Waals surface area contributed by atoms with Gasteiger partial charge in [-0.05, 0) is 30.7 Å². The van der Waals surface area contributed by atoms with Gasteiger partial charge in [0.15, 0.2) is 6.61 Å². The molecule has 2 rings (SSSR count). The molecule has 1 aromatic heterocycles. The molecular weight excluding hydrogens is 256 g/mol. The van der Waals surface area contributed by atoms with E-state index in [1.165, 1.54) is 0 Å². The van der Waals surface area contributed by atoms with Crippen LogP contribution >= 0.6 is 0 Å². The van der Waals surface area contributed by atoms with Crippen LogP contribution in [0.3, 0.4) is 0 Å². The second-order valence-corrected chi connectivity index (χ2v) is 4.36. The molecule has 2 aromatic rings. The van der Waals surface area contributed by atoms with Gasteiger partial charge in [-0.15, -0.1) is 0 Å². The fraction of sp³-hybridized carbons (Fsp3) is 0.286. The fourth-order valence-electron chi connectivity index (χ4n) is 1.78. The summed E-state index contributed by atoms with van der Waals surface area (Å²) in [4.78, 5) is 19.0. The van der Waals surface area contributed by atoms with Crippen molar-refractivity contribution in [2.45, 2.75) is 19.4 Å². The Bertz CT molecular complexity index is 537. The van der Waals surface area contributed by atoms with E-state index >= 15 is 0 Å². The molecule has 0 fully saturated rings. The van der Waals surface area contributed by atoms with Gasteiger partial charge in [-0.2, -0.15) is 0 Å². The predicted molar refractivity (Wildman–Crippen MR) is 76.1 cm³/mol. The molecule has 106 valence electrons. The zero-order chi connectivity index (χ0) is 14.4. The molecule has 0 radical (unpaired) electrons. The van der Waals surface area contributed by atoms with E-state index in [1.807, 2.05) is 6.92 Å². The maximum atomic E-state index is 11.8. The topological polar surface area (TPSA) is 93.0 Å². The zero-order valence-corrected chi connectivity index (χ0v) is 11.3. The summed E-state index contributed by atoms with van der Waals surface area (Å²) >= 11 is 0. The second-order valence-electron chi connectivity index (χ2n) is 4.36. The first-order valence-corrected chi connectivity index (χ1v) is 6.46. The molecule has 6 nitrogen and oxygen atoms in total. The van der Waals surface area contributed by atoms with Gasteiger partial charge in [0.05, 0.1) is 6.04 Å².